The summed E-state index contributed by atoms with van der Waals surface area (Å²) in [7, 11) is 0. The van der Waals surface area contributed by atoms with Crippen molar-refractivity contribution in [2.75, 3.05) is 38.0 Å². The number of carboxylic acids is 1. The predicted octanol–water partition coefficient (Wildman–Crippen LogP) is 1.77. The second kappa shape index (κ2) is 9.43. The van der Waals surface area contributed by atoms with Crippen LogP contribution in [0.1, 0.15) is 16.1 Å². The van der Waals surface area contributed by atoms with Gasteiger partial charge in [0.05, 0.1) is 18.7 Å². The lowest BCUT2D eigenvalue weighted by Gasteiger charge is -2.33. The second-order valence-corrected chi connectivity index (χ2v) is 8.44. The molecule has 148 valence electrons. The van der Waals surface area contributed by atoms with Crippen molar-refractivity contribution in [1.29, 1.82) is 0 Å². The van der Waals surface area contributed by atoms with E-state index in [2.05, 4.69) is 32.9 Å². The van der Waals surface area contributed by atoms with Crippen LogP contribution >= 0.6 is 33.9 Å². The highest BCUT2D eigenvalue weighted by Gasteiger charge is 2.23. The monoisotopic (exact) mass is 514 g/mol. The number of carboxylic acid groups (broad SMARTS) is 1. The fourth-order valence-electron chi connectivity index (χ4n) is 2.83. The number of aliphatic carboxylic acids is 1. The Balaban J connectivity index is 1.50. The molecular formula is C18H19IN4O4S. The zero-order valence-electron chi connectivity index (χ0n) is 14.9. The minimum absolute atomic E-state index is 0.00224. The SMILES string of the molecule is O=C(O)CN1CCN(C(=O)Cc2csc(NC(=O)c3ccc(I)cc3)n2)CC1. The largest absolute Gasteiger partial charge is 0.480 e. The van der Waals surface area contributed by atoms with E-state index in [0.717, 1.165) is 3.57 Å². The van der Waals surface area contributed by atoms with Gasteiger partial charge in [-0.2, -0.15) is 0 Å². The molecule has 0 aliphatic carbocycles. The van der Waals surface area contributed by atoms with Crippen LogP contribution < -0.4 is 5.32 Å². The fourth-order valence-corrected chi connectivity index (χ4v) is 3.89. The maximum atomic E-state index is 12.4. The molecule has 1 saturated heterocycles. The van der Waals surface area contributed by atoms with Gasteiger partial charge < -0.3 is 10.0 Å². The molecule has 28 heavy (non-hydrogen) atoms. The summed E-state index contributed by atoms with van der Waals surface area (Å²) in [5.74, 6) is -1.14. The second-order valence-electron chi connectivity index (χ2n) is 6.33. The summed E-state index contributed by atoms with van der Waals surface area (Å²) in [6.07, 6.45) is 0.162. The minimum atomic E-state index is -0.859. The number of rotatable bonds is 6. The lowest BCUT2D eigenvalue weighted by Crippen LogP contribution is -2.50. The quantitative estimate of drug-likeness (QED) is 0.570. The zero-order chi connectivity index (χ0) is 20.1. The molecule has 2 amide bonds. The van der Waals surface area contributed by atoms with E-state index in [9.17, 15) is 14.4 Å². The molecule has 0 saturated carbocycles. The van der Waals surface area contributed by atoms with Crippen molar-refractivity contribution in [2.45, 2.75) is 6.42 Å². The van der Waals surface area contributed by atoms with Crippen LogP contribution in [0.25, 0.3) is 0 Å². The molecular weight excluding hydrogens is 495 g/mol. The van der Waals surface area contributed by atoms with Crippen LogP contribution in [0.4, 0.5) is 5.13 Å². The topological polar surface area (TPSA) is 103 Å². The van der Waals surface area contributed by atoms with Gasteiger partial charge in [-0.25, -0.2) is 4.98 Å². The molecule has 2 heterocycles. The number of thiazole rings is 1. The van der Waals surface area contributed by atoms with E-state index in [1.165, 1.54) is 11.3 Å². The third-order valence-corrected chi connectivity index (χ3v) is 5.82. The third kappa shape index (κ3) is 5.72. The number of hydrogen-bond donors (Lipinski definition) is 2. The molecule has 3 rings (SSSR count). The summed E-state index contributed by atoms with van der Waals surface area (Å²) in [4.78, 5) is 43.3. The molecule has 1 aliphatic rings. The van der Waals surface area contributed by atoms with Crippen LogP contribution in [0.5, 0.6) is 0 Å². The van der Waals surface area contributed by atoms with Gasteiger partial charge in [0.15, 0.2) is 5.13 Å². The summed E-state index contributed by atoms with van der Waals surface area (Å²) < 4.78 is 1.05. The molecule has 2 N–H and O–H groups in total. The average molecular weight is 514 g/mol. The lowest BCUT2D eigenvalue weighted by atomic mass is 10.2. The lowest BCUT2D eigenvalue weighted by molar-refractivity contribution is -0.139. The smallest absolute Gasteiger partial charge is 0.317 e. The Bertz CT molecular complexity index is 863. The first-order chi connectivity index (χ1) is 13.4. The first kappa shape index (κ1) is 20.7. The predicted molar refractivity (Wildman–Crippen MR) is 114 cm³/mol. The van der Waals surface area contributed by atoms with Crippen molar-refractivity contribution in [1.82, 2.24) is 14.8 Å². The molecule has 0 radical (unpaired) electrons. The van der Waals surface area contributed by atoms with Crippen molar-refractivity contribution < 1.29 is 19.5 Å². The van der Waals surface area contributed by atoms with Gasteiger partial charge in [0, 0.05) is 40.7 Å². The van der Waals surface area contributed by atoms with Crippen molar-refractivity contribution >= 4 is 56.8 Å². The molecule has 1 fully saturated rings. The number of amides is 2. The normalized spacial score (nSPS) is 14.7. The van der Waals surface area contributed by atoms with Crippen LogP contribution in [0, 0.1) is 3.57 Å². The van der Waals surface area contributed by atoms with Crippen LogP contribution in [0.15, 0.2) is 29.6 Å². The molecule has 2 aromatic rings. The van der Waals surface area contributed by atoms with E-state index < -0.39 is 5.97 Å². The van der Waals surface area contributed by atoms with Gasteiger partial charge in [0.1, 0.15) is 0 Å². The number of piperazine rings is 1. The molecule has 0 bridgehead atoms. The molecule has 10 heteroatoms. The Morgan fingerprint density at radius 3 is 2.46 bits per heavy atom. The van der Waals surface area contributed by atoms with Crippen molar-refractivity contribution in [2.24, 2.45) is 0 Å². The van der Waals surface area contributed by atoms with Crippen LogP contribution in [-0.2, 0) is 16.0 Å². The summed E-state index contributed by atoms with van der Waals surface area (Å²) in [5, 5.41) is 13.8. The molecule has 1 aromatic heterocycles. The number of anilines is 1. The number of nitrogens with zero attached hydrogens (tertiary/aromatic N) is 3. The number of nitrogens with one attached hydrogen (secondary N) is 1. The summed E-state index contributed by atoms with van der Waals surface area (Å²) in [5.41, 5.74) is 1.16. The van der Waals surface area contributed by atoms with Gasteiger partial charge in [-0.3, -0.25) is 24.6 Å². The number of halogens is 1. The number of aromatic nitrogens is 1. The Morgan fingerprint density at radius 1 is 1.14 bits per heavy atom. The highest BCUT2D eigenvalue weighted by Crippen LogP contribution is 2.18. The number of carbonyl (C=O) groups is 3. The fraction of sp³-hybridized carbons (Fsp3) is 0.333. The Kier molecular flexibility index (Phi) is 6.97. The standard InChI is InChI=1S/C18H19IN4O4S/c19-13-3-1-12(2-4-13)17(27)21-18-20-14(11-28-18)9-15(24)23-7-5-22(6-8-23)10-16(25)26/h1-4,11H,5-10H2,(H,25,26)(H,20,21,27). The van der Waals surface area contributed by atoms with Gasteiger partial charge in [-0.15, -0.1) is 11.3 Å². The van der Waals surface area contributed by atoms with Gasteiger partial charge in [-0.1, -0.05) is 0 Å². The molecule has 0 spiro atoms. The summed E-state index contributed by atoms with van der Waals surface area (Å²) in [6, 6.07) is 7.22. The third-order valence-electron chi connectivity index (χ3n) is 4.29. The molecule has 8 nitrogen and oxygen atoms in total. The zero-order valence-corrected chi connectivity index (χ0v) is 17.9. The van der Waals surface area contributed by atoms with Gasteiger partial charge in [-0.05, 0) is 46.9 Å². The van der Waals surface area contributed by atoms with E-state index in [1.54, 1.807) is 22.4 Å². The maximum Gasteiger partial charge on any atom is 0.317 e. The van der Waals surface area contributed by atoms with Gasteiger partial charge in [0.25, 0.3) is 5.91 Å². The number of carbonyl (C=O) groups excluding carboxylic acids is 2. The molecule has 0 unspecified atom stereocenters. The van der Waals surface area contributed by atoms with Crippen molar-refractivity contribution in [3.8, 4) is 0 Å². The molecule has 1 aliphatic heterocycles. The van der Waals surface area contributed by atoms with E-state index in [1.807, 2.05) is 17.0 Å². The van der Waals surface area contributed by atoms with Gasteiger partial charge >= 0.3 is 5.97 Å². The van der Waals surface area contributed by atoms with E-state index >= 15 is 0 Å². The number of hydrogen-bond acceptors (Lipinski definition) is 6. The minimum Gasteiger partial charge on any atom is -0.480 e. The van der Waals surface area contributed by atoms with E-state index in [4.69, 9.17) is 5.11 Å². The van der Waals surface area contributed by atoms with Crippen LogP contribution in [0.2, 0.25) is 0 Å². The Hall–Kier alpha value is -2.05. The Morgan fingerprint density at radius 2 is 1.82 bits per heavy atom. The van der Waals surface area contributed by atoms with Gasteiger partial charge in [0.2, 0.25) is 5.91 Å². The number of benzene rings is 1. The first-order valence-electron chi connectivity index (χ1n) is 8.64. The first-order valence-corrected chi connectivity index (χ1v) is 10.6. The maximum absolute atomic E-state index is 12.4. The van der Waals surface area contributed by atoms with Crippen molar-refractivity contribution in [3.63, 3.8) is 0 Å². The Labute approximate surface area is 179 Å². The molecule has 0 atom stereocenters. The van der Waals surface area contributed by atoms with Crippen LogP contribution in [-0.4, -0.2) is 70.4 Å². The molecule has 1 aromatic carbocycles. The van der Waals surface area contributed by atoms with E-state index in [-0.39, 0.29) is 24.8 Å². The highest BCUT2D eigenvalue weighted by molar-refractivity contribution is 14.1. The summed E-state index contributed by atoms with van der Waals surface area (Å²) in [6.45, 7) is 2.11. The summed E-state index contributed by atoms with van der Waals surface area (Å²) >= 11 is 3.46. The average Bonchev–Trinajstić information content (AvgIpc) is 3.09. The van der Waals surface area contributed by atoms with Crippen LogP contribution in [0.3, 0.4) is 0 Å². The van der Waals surface area contributed by atoms with Crippen molar-refractivity contribution in [3.05, 3.63) is 44.5 Å². The van der Waals surface area contributed by atoms with E-state index in [0.29, 0.717) is 42.6 Å². The highest BCUT2D eigenvalue weighted by atomic mass is 127.